The summed E-state index contributed by atoms with van der Waals surface area (Å²) in [6, 6.07) is 5.67. The van der Waals surface area contributed by atoms with E-state index < -0.39 is 20.1 Å². The van der Waals surface area contributed by atoms with Crippen molar-refractivity contribution in [2.24, 2.45) is 5.92 Å². The SMILES string of the molecule is COC(=O)c1cc(-c2cc(Cl)ccc2F)nnc1N1CC(CO[Si](C)(C)C(C)(C)C)C1. The van der Waals surface area contributed by atoms with Crippen molar-refractivity contribution in [2.75, 3.05) is 31.7 Å². The van der Waals surface area contributed by atoms with Gasteiger partial charge in [-0.3, -0.25) is 0 Å². The molecule has 0 bridgehead atoms. The molecule has 0 amide bonds. The minimum absolute atomic E-state index is 0.158. The van der Waals surface area contributed by atoms with Crippen molar-refractivity contribution in [3.63, 3.8) is 0 Å². The highest BCUT2D eigenvalue weighted by Gasteiger charge is 2.39. The van der Waals surface area contributed by atoms with Gasteiger partial charge in [0.2, 0.25) is 0 Å². The Morgan fingerprint density at radius 3 is 2.55 bits per heavy atom. The molecule has 1 fully saturated rings. The van der Waals surface area contributed by atoms with Gasteiger partial charge < -0.3 is 14.1 Å². The summed E-state index contributed by atoms with van der Waals surface area (Å²) in [5.41, 5.74) is 0.652. The molecular formula is C22H29ClFN3O3Si. The van der Waals surface area contributed by atoms with Gasteiger partial charge in [-0.25, -0.2) is 9.18 Å². The molecule has 0 saturated carbocycles. The molecule has 6 nitrogen and oxygen atoms in total. The number of halogens is 2. The van der Waals surface area contributed by atoms with Crippen LogP contribution in [-0.2, 0) is 9.16 Å². The molecule has 0 unspecified atom stereocenters. The third-order valence-corrected chi connectivity index (χ3v) is 10.9. The zero-order valence-corrected chi connectivity index (χ0v) is 20.6. The van der Waals surface area contributed by atoms with Crippen molar-refractivity contribution < 1.29 is 18.3 Å². The number of rotatable bonds is 6. The molecule has 2 heterocycles. The number of nitrogens with zero attached hydrogens (tertiary/aromatic N) is 3. The lowest BCUT2D eigenvalue weighted by atomic mass is 10.0. The third kappa shape index (κ3) is 5.07. The molecule has 0 atom stereocenters. The molecule has 0 N–H and O–H groups in total. The largest absolute Gasteiger partial charge is 0.465 e. The lowest BCUT2D eigenvalue weighted by Crippen LogP contribution is -2.52. The Balaban J connectivity index is 1.77. The number of aromatic nitrogens is 2. The molecule has 1 aliphatic rings. The van der Waals surface area contributed by atoms with Crippen molar-refractivity contribution in [1.29, 1.82) is 0 Å². The second-order valence-electron chi connectivity index (χ2n) is 9.42. The number of hydrogen-bond acceptors (Lipinski definition) is 6. The van der Waals surface area contributed by atoms with E-state index in [1.54, 1.807) is 0 Å². The second kappa shape index (κ2) is 8.84. The van der Waals surface area contributed by atoms with E-state index >= 15 is 0 Å². The smallest absolute Gasteiger partial charge is 0.341 e. The van der Waals surface area contributed by atoms with Gasteiger partial charge in [0.05, 0.1) is 12.8 Å². The molecule has 0 spiro atoms. The predicted molar refractivity (Wildman–Crippen MR) is 123 cm³/mol. The lowest BCUT2D eigenvalue weighted by molar-refractivity contribution is 0.0600. The summed E-state index contributed by atoms with van der Waals surface area (Å²) in [5, 5.41) is 8.91. The van der Waals surface area contributed by atoms with Crippen LogP contribution in [0.2, 0.25) is 23.2 Å². The van der Waals surface area contributed by atoms with E-state index in [-0.39, 0.29) is 21.9 Å². The van der Waals surface area contributed by atoms with Crippen molar-refractivity contribution in [1.82, 2.24) is 10.2 Å². The van der Waals surface area contributed by atoms with Crippen LogP contribution in [0.1, 0.15) is 31.1 Å². The molecule has 9 heteroatoms. The molecule has 1 aromatic heterocycles. The molecule has 3 rings (SSSR count). The number of esters is 1. The first-order valence-corrected chi connectivity index (χ1v) is 13.5. The van der Waals surface area contributed by atoms with Gasteiger partial charge in [-0.05, 0) is 42.4 Å². The molecule has 1 aliphatic heterocycles. The number of ether oxygens (including phenoxy) is 1. The fourth-order valence-electron chi connectivity index (χ4n) is 3.10. The standard InChI is InChI=1S/C22H29ClFN3O3Si/c1-22(2,3)31(5,6)30-13-14-11-27(12-14)20-17(21(28)29-4)10-19(25-26-20)16-9-15(23)7-8-18(16)24/h7-10,14H,11-13H2,1-6H3. The molecule has 168 valence electrons. The highest BCUT2D eigenvalue weighted by Crippen LogP contribution is 2.37. The van der Waals surface area contributed by atoms with Crippen LogP contribution >= 0.6 is 11.6 Å². The Morgan fingerprint density at radius 2 is 1.94 bits per heavy atom. The van der Waals surface area contributed by atoms with Gasteiger partial charge in [0.15, 0.2) is 14.1 Å². The van der Waals surface area contributed by atoms with Crippen molar-refractivity contribution >= 4 is 31.7 Å². The Labute approximate surface area is 188 Å². The van der Waals surface area contributed by atoms with Crippen LogP contribution in [-0.4, -0.2) is 51.3 Å². The summed E-state index contributed by atoms with van der Waals surface area (Å²) in [6.07, 6.45) is 0. The Kier molecular flexibility index (Phi) is 6.74. The highest BCUT2D eigenvalue weighted by molar-refractivity contribution is 6.74. The van der Waals surface area contributed by atoms with Gasteiger partial charge in [-0.2, -0.15) is 0 Å². The highest BCUT2D eigenvalue weighted by atomic mass is 35.5. The maximum absolute atomic E-state index is 14.3. The van der Waals surface area contributed by atoms with E-state index in [1.807, 2.05) is 4.90 Å². The summed E-state index contributed by atoms with van der Waals surface area (Å²) < 4.78 is 25.5. The van der Waals surface area contributed by atoms with Gasteiger partial charge in [-0.1, -0.05) is 32.4 Å². The Bertz CT molecular complexity index is 975. The summed E-state index contributed by atoms with van der Waals surface area (Å²) in [6.45, 7) is 13.2. The molecule has 1 aromatic carbocycles. The van der Waals surface area contributed by atoms with Gasteiger partial charge in [0.25, 0.3) is 0 Å². The maximum Gasteiger partial charge on any atom is 0.341 e. The van der Waals surface area contributed by atoms with Gasteiger partial charge in [0, 0.05) is 36.2 Å². The van der Waals surface area contributed by atoms with Crippen LogP contribution in [0, 0.1) is 11.7 Å². The first-order chi connectivity index (χ1) is 14.4. The number of benzene rings is 1. The zero-order valence-electron chi connectivity index (χ0n) is 18.8. The van der Waals surface area contributed by atoms with Crippen LogP contribution in [0.4, 0.5) is 10.2 Å². The predicted octanol–water partition coefficient (Wildman–Crippen LogP) is 5.18. The topological polar surface area (TPSA) is 64.5 Å². The average Bonchev–Trinajstić information content (AvgIpc) is 2.67. The first kappa shape index (κ1) is 23.6. The minimum atomic E-state index is -1.81. The lowest BCUT2D eigenvalue weighted by Gasteiger charge is -2.43. The summed E-state index contributed by atoms with van der Waals surface area (Å²) in [7, 11) is -0.504. The quantitative estimate of drug-likeness (QED) is 0.432. The normalized spacial score (nSPS) is 15.0. The maximum atomic E-state index is 14.3. The van der Waals surface area contributed by atoms with Crippen LogP contribution in [0.25, 0.3) is 11.3 Å². The molecule has 1 saturated heterocycles. The van der Waals surface area contributed by atoms with E-state index in [0.29, 0.717) is 36.5 Å². The van der Waals surface area contributed by atoms with Gasteiger partial charge in [-0.15, -0.1) is 10.2 Å². The molecule has 2 aromatic rings. The van der Waals surface area contributed by atoms with Crippen LogP contribution in [0.5, 0.6) is 0 Å². The van der Waals surface area contributed by atoms with Crippen molar-refractivity contribution in [3.8, 4) is 11.3 Å². The Hall–Kier alpha value is -2.03. The first-order valence-electron chi connectivity index (χ1n) is 10.2. The Morgan fingerprint density at radius 1 is 1.26 bits per heavy atom. The van der Waals surface area contributed by atoms with Crippen LogP contribution < -0.4 is 4.90 Å². The number of carbonyl (C=O) groups is 1. The molecule has 31 heavy (non-hydrogen) atoms. The minimum Gasteiger partial charge on any atom is -0.465 e. The summed E-state index contributed by atoms with van der Waals surface area (Å²) in [5.74, 6) is -0.253. The average molecular weight is 466 g/mol. The van der Waals surface area contributed by atoms with Gasteiger partial charge >= 0.3 is 5.97 Å². The third-order valence-electron chi connectivity index (χ3n) is 6.13. The fourth-order valence-corrected chi connectivity index (χ4v) is 4.35. The molecule has 0 aliphatic carbocycles. The number of anilines is 1. The zero-order chi connectivity index (χ0) is 23.0. The van der Waals surface area contributed by atoms with E-state index in [2.05, 4.69) is 44.1 Å². The molecule has 0 radical (unpaired) electrons. The van der Waals surface area contributed by atoms with E-state index in [9.17, 15) is 9.18 Å². The van der Waals surface area contributed by atoms with Crippen molar-refractivity contribution in [2.45, 2.75) is 38.9 Å². The number of methoxy groups -OCH3 is 1. The van der Waals surface area contributed by atoms with Crippen molar-refractivity contribution in [3.05, 3.63) is 40.7 Å². The van der Waals surface area contributed by atoms with E-state index in [1.165, 1.54) is 31.4 Å². The van der Waals surface area contributed by atoms with Gasteiger partial charge in [0.1, 0.15) is 11.4 Å². The van der Waals surface area contributed by atoms with E-state index in [0.717, 1.165) is 0 Å². The number of hydrogen-bond donors (Lipinski definition) is 0. The van der Waals surface area contributed by atoms with Crippen LogP contribution in [0.15, 0.2) is 24.3 Å². The second-order valence-corrected chi connectivity index (χ2v) is 14.7. The van der Waals surface area contributed by atoms with Crippen LogP contribution in [0.3, 0.4) is 0 Å². The summed E-state index contributed by atoms with van der Waals surface area (Å²) in [4.78, 5) is 14.4. The number of carbonyl (C=O) groups excluding carboxylic acids is 1. The fraction of sp³-hybridized carbons (Fsp3) is 0.500. The molecular weight excluding hydrogens is 437 g/mol. The van der Waals surface area contributed by atoms with E-state index in [4.69, 9.17) is 20.8 Å². The summed E-state index contributed by atoms with van der Waals surface area (Å²) >= 11 is 5.99. The monoisotopic (exact) mass is 465 g/mol.